The number of carbonyl (C=O) groups excluding carboxylic acids is 1. The topological polar surface area (TPSA) is 50.4 Å². The molecule has 1 unspecified atom stereocenters. The summed E-state index contributed by atoms with van der Waals surface area (Å²) in [4.78, 5) is 11.9. The van der Waals surface area contributed by atoms with Crippen molar-refractivity contribution in [1.29, 1.82) is 0 Å². The van der Waals surface area contributed by atoms with Gasteiger partial charge in [0.05, 0.1) is 5.54 Å². The largest absolute Gasteiger partial charge is 0.444 e. The molecule has 0 saturated carbocycles. The van der Waals surface area contributed by atoms with Gasteiger partial charge >= 0.3 is 6.09 Å². The predicted molar refractivity (Wildman–Crippen MR) is 94.0 cm³/mol. The zero-order valence-corrected chi connectivity index (χ0v) is 15.9. The first-order valence-electron chi connectivity index (χ1n) is 7.49. The summed E-state index contributed by atoms with van der Waals surface area (Å²) in [5.41, 5.74) is 0.295. The van der Waals surface area contributed by atoms with E-state index in [0.29, 0.717) is 6.54 Å². The molecule has 0 radical (unpaired) electrons. The molecule has 0 saturated heterocycles. The maximum atomic E-state index is 11.9. The zero-order valence-electron chi connectivity index (χ0n) is 14.3. The molecule has 1 rings (SSSR count). The van der Waals surface area contributed by atoms with Gasteiger partial charge in [-0.2, -0.15) is 0 Å². The Labute approximate surface area is 142 Å². The molecule has 0 aromatic heterocycles. The van der Waals surface area contributed by atoms with Gasteiger partial charge < -0.3 is 15.4 Å². The van der Waals surface area contributed by atoms with Crippen molar-refractivity contribution in [2.75, 3.05) is 6.54 Å². The standard InChI is InChI=1S/C17H27BrN2O2/c1-12(13-9-7-8-10-14(13)18)19-11-17(5,6)20-15(21)22-16(2,3)4/h7-10,12,19H,11H2,1-6H3,(H,20,21). The van der Waals surface area contributed by atoms with E-state index in [2.05, 4.69) is 39.6 Å². The van der Waals surface area contributed by atoms with Gasteiger partial charge in [-0.1, -0.05) is 34.1 Å². The summed E-state index contributed by atoms with van der Waals surface area (Å²) >= 11 is 3.56. The van der Waals surface area contributed by atoms with Crippen LogP contribution in [0.25, 0.3) is 0 Å². The number of hydrogen-bond acceptors (Lipinski definition) is 3. The van der Waals surface area contributed by atoms with Crippen LogP contribution in [0.2, 0.25) is 0 Å². The van der Waals surface area contributed by atoms with Crippen molar-refractivity contribution in [3.63, 3.8) is 0 Å². The Morgan fingerprint density at radius 3 is 2.36 bits per heavy atom. The first-order valence-corrected chi connectivity index (χ1v) is 8.28. The Balaban J connectivity index is 2.55. The Morgan fingerprint density at radius 1 is 1.23 bits per heavy atom. The van der Waals surface area contributed by atoms with Crippen molar-refractivity contribution in [2.24, 2.45) is 0 Å². The molecular weight excluding hydrogens is 344 g/mol. The molecular formula is C17H27BrN2O2. The number of alkyl carbamates (subject to hydrolysis) is 1. The first kappa shape index (κ1) is 19.0. The highest BCUT2D eigenvalue weighted by Crippen LogP contribution is 2.23. The maximum Gasteiger partial charge on any atom is 0.408 e. The molecule has 0 aliphatic heterocycles. The van der Waals surface area contributed by atoms with Gasteiger partial charge in [-0.25, -0.2) is 4.79 Å². The van der Waals surface area contributed by atoms with E-state index in [1.807, 2.05) is 52.8 Å². The number of amides is 1. The SMILES string of the molecule is CC(NCC(C)(C)NC(=O)OC(C)(C)C)c1ccccc1Br. The van der Waals surface area contributed by atoms with Crippen LogP contribution in [0.1, 0.15) is 53.1 Å². The summed E-state index contributed by atoms with van der Waals surface area (Å²) in [6.45, 7) is 12.2. The van der Waals surface area contributed by atoms with Gasteiger partial charge in [-0.15, -0.1) is 0 Å². The summed E-state index contributed by atoms with van der Waals surface area (Å²) in [7, 11) is 0. The molecule has 4 nitrogen and oxygen atoms in total. The molecule has 0 aliphatic carbocycles. The summed E-state index contributed by atoms with van der Waals surface area (Å²) in [5, 5.41) is 6.35. The fourth-order valence-corrected chi connectivity index (χ4v) is 2.60. The monoisotopic (exact) mass is 370 g/mol. The van der Waals surface area contributed by atoms with Crippen molar-refractivity contribution < 1.29 is 9.53 Å². The van der Waals surface area contributed by atoms with E-state index in [4.69, 9.17) is 4.74 Å². The highest BCUT2D eigenvalue weighted by molar-refractivity contribution is 9.10. The van der Waals surface area contributed by atoms with Crippen molar-refractivity contribution in [1.82, 2.24) is 10.6 Å². The Hall–Kier alpha value is -1.07. The molecule has 0 bridgehead atoms. The predicted octanol–water partition coefficient (Wildman–Crippen LogP) is 4.40. The molecule has 1 amide bonds. The number of benzene rings is 1. The van der Waals surface area contributed by atoms with E-state index in [9.17, 15) is 4.79 Å². The molecule has 0 aliphatic rings. The second-order valence-corrected chi connectivity index (χ2v) is 7.99. The third kappa shape index (κ3) is 6.79. The number of ether oxygens (including phenoxy) is 1. The first-order chi connectivity index (χ1) is 10.0. The molecule has 0 spiro atoms. The van der Waals surface area contributed by atoms with Crippen LogP contribution in [-0.2, 0) is 4.74 Å². The molecule has 22 heavy (non-hydrogen) atoms. The van der Waals surface area contributed by atoms with Crippen LogP contribution in [0.3, 0.4) is 0 Å². The number of rotatable bonds is 5. The molecule has 1 aromatic carbocycles. The van der Waals surface area contributed by atoms with Gasteiger partial charge in [-0.3, -0.25) is 0 Å². The minimum absolute atomic E-state index is 0.176. The number of nitrogens with one attached hydrogen (secondary N) is 2. The lowest BCUT2D eigenvalue weighted by atomic mass is 10.0. The highest BCUT2D eigenvalue weighted by atomic mass is 79.9. The summed E-state index contributed by atoms with van der Waals surface area (Å²) in [5.74, 6) is 0. The second-order valence-electron chi connectivity index (χ2n) is 7.13. The number of hydrogen-bond donors (Lipinski definition) is 2. The molecule has 124 valence electrons. The van der Waals surface area contributed by atoms with Gasteiger partial charge in [0.2, 0.25) is 0 Å². The fourth-order valence-electron chi connectivity index (χ4n) is 1.97. The van der Waals surface area contributed by atoms with Crippen LogP contribution < -0.4 is 10.6 Å². The lowest BCUT2D eigenvalue weighted by Crippen LogP contribution is -2.51. The Morgan fingerprint density at radius 2 is 1.82 bits per heavy atom. The van der Waals surface area contributed by atoms with Crippen LogP contribution in [0.4, 0.5) is 4.79 Å². The van der Waals surface area contributed by atoms with E-state index in [-0.39, 0.29) is 6.04 Å². The quantitative estimate of drug-likeness (QED) is 0.807. The summed E-state index contributed by atoms with van der Waals surface area (Å²) in [6, 6.07) is 8.29. The molecule has 1 atom stereocenters. The zero-order chi connectivity index (χ0) is 17.0. The number of carbonyl (C=O) groups is 1. The third-order valence-corrected chi connectivity index (χ3v) is 3.78. The summed E-state index contributed by atoms with van der Waals surface area (Å²) in [6.07, 6.45) is -0.396. The lowest BCUT2D eigenvalue weighted by Gasteiger charge is -2.30. The molecule has 1 aromatic rings. The van der Waals surface area contributed by atoms with Gasteiger partial charge in [0.25, 0.3) is 0 Å². The Bertz CT molecular complexity index is 510. The molecule has 2 N–H and O–H groups in total. The van der Waals surface area contributed by atoms with Crippen LogP contribution >= 0.6 is 15.9 Å². The second kappa shape index (κ2) is 7.47. The van der Waals surface area contributed by atoms with Gasteiger partial charge in [0.1, 0.15) is 5.60 Å². The lowest BCUT2D eigenvalue weighted by molar-refractivity contribution is 0.0471. The van der Waals surface area contributed by atoms with E-state index in [1.54, 1.807) is 0 Å². The minimum Gasteiger partial charge on any atom is -0.444 e. The Kier molecular flexibility index (Phi) is 6.44. The van der Waals surface area contributed by atoms with E-state index in [0.717, 1.165) is 4.47 Å². The van der Waals surface area contributed by atoms with Gasteiger partial charge in [0.15, 0.2) is 0 Å². The number of halogens is 1. The third-order valence-electron chi connectivity index (χ3n) is 3.06. The fraction of sp³-hybridized carbons (Fsp3) is 0.588. The van der Waals surface area contributed by atoms with Gasteiger partial charge in [0, 0.05) is 17.1 Å². The van der Waals surface area contributed by atoms with Crippen molar-refractivity contribution >= 4 is 22.0 Å². The van der Waals surface area contributed by atoms with E-state index < -0.39 is 17.2 Å². The maximum absolute atomic E-state index is 11.9. The van der Waals surface area contributed by atoms with Crippen molar-refractivity contribution in [3.05, 3.63) is 34.3 Å². The highest BCUT2D eigenvalue weighted by Gasteiger charge is 2.25. The smallest absolute Gasteiger partial charge is 0.408 e. The van der Waals surface area contributed by atoms with Crippen LogP contribution in [0.5, 0.6) is 0 Å². The van der Waals surface area contributed by atoms with Crippen LogP contribution in [0, 0.1) is 0 Å². The normalized spacial score (nSPS) is 13.6. The van der Waals surface area contributed by atoms with E-state index >= 15 is 0 Å². The summed E-state index contributed by atoms with van der Waals surface area (Å²) < 4.78 is 6.38. The average Bonchev–Trinajstić information content (AvgIpc) is 2.33. The molecule has 5 heteroatoms. The van der Waals surface area contributed by atoms with Crippen LogP contribution in [0.15, 0.2) is 28.7 Å². The van der Waals surface area contributed by atoms with E-state index in [1.165, 1.54) is 5.56 Å². The molecule has 0 heterocycles. The van der Waals surface area contributed by atoms with Crippen molar-refractivity contribution in [3.8, 4) is 0 Å². The van der Waals surface area contributed by atoms with Crippen LogP contribution in [-0.4, -0.2) is 23.8 Å². The average molecular weight is 371 g/mol. The van der Waals surface area contributed by atoms with Gasteiger partial charge in [-0.05, 0) is 53.2 Å². The minimum atomic E-state index is -0.490. The van der Waals surface area contributed by atoms with Crippen molar-refractivity contribution in [2.45, 2.75) is 58.7 Å². The molecule has 0 fully saturated rings.